The Morgan fingerprint density at radius 3 is 1.00 bits per heavy atom. The van der Waals surface area contributed by atoms with Gasteiger partial charge in [-0.3, -0.25) is 0 Å². The van der Waals surface area contributed by atoms with Crippen LogP contribution in [0.3, 0.4) is 0 Å². The van der Waals surface area contributed by atoms with Crippen molar-refractivity contribution < 1.29 is 0 Å². The standard InChI is InChI=1S/C59H38N4/c1-3-15-39(16-4-1)42-35-52(40-17-5-2-6-18-40)60-53(36-42)41-27-29-43(30-28-41)61-58-33-31-44(62-54-23-11-7-19-46(54)47-20-8-12-24-55(47)62)37-50(58)51-38-45(32-34-59(51)61)63-56-25-13-9-21-48(56)49-22-10-14-26-57(49)63/h1-38H. The van der Waals surface area contributed by atoms with E-state index in [1.807, 2.05) is 0 Å². The summed E-state index contributed by atoms with van der Waals surface area (Å²) in [5.74, 6) is 0. The monoisotopic (exact) mass is 802 g/mol. The minimum atomic E-state index is 0.940. The third-order valence-electron chi connectivity index (χ3n) is 12.8. The maximum absolute atomic E-state index is 5.23. The van der Waals surface area contributed by atoms with Crippen molar-refractivity contribution in [2.45, 2.75) is 0 Å². The summed E-state index contributed by atoms with van der Waals surface area (Å²) in [5, 5.41) is 7.41. The van der Waals surface area contributed by atoms with Crippen molar-refractivity contribution in [1.82, 2.24) is 18.7 Å². The summed E-state index contributed by atoms with van der Waals surface area (Å²) in [4.78, 5) is 5.23. The molecule has 9 aromatic carbocycles. The fraction of sp³-hybridized carbons (Fsp3) is 0. The van der Waals surface area contributed by atoms with Crippen LogP contribution in [0, 0.1) is 0 Å². The minimum Gasteiger partial charge on any atom is -0.309 e. The molecule has 0 aliphatic rings. The molecule has 13 aromatic rings. The van der Waals surface area contributed by atoms with Crippen molar-refractivity contribution in [2.75, 3.05) is 0 Å². The Kier molecular flexibility index (Phi) is 7.87. The summed E-state index contributed by atoms with van der Waals surface area (Å²) in [6.07, 6.45) is 0. The molecule has 0 unspecified atom stereocenters. The Morgan fingerprint density at radius 2 is 0.556 bits per heavy atom. The highest BCUT2D eigenvalue weighted by atomic mass is 15.0. The van der Waals surface area contributed by atoms with E-state index < -0.39 is 0 Å². The van der Waals surface area contributed by atoms with Gasteiger partial charge in [0, 0.05) is 60.5 Å². The first kappa shape index (κ1) is 35.3. The first-order chi connectivity index (χ1) is 31.2. The molecule has 0 saturated heterocycles. The lowest BCUT2D eigenvalue weighted by Crippen LogP contribution is -1.97. The van der Waals surface area contributed by atoms with Gasteiger partial charge in [-0.25, -0.2) is 4.98 Å². The number of fused-ring (bicyclic) bond motifs is 9. The number of benzene rings is 9. The third-order valence-corrected chi connectivity index (χ3v) is 12.8. The van der Waals surface area contributed by atoms with E-state index in [1.165, 1.54) is 59.9 Å². The molecule has 4 aromatic heterocycles. The SMILES string of the molecule is c1ccc(-c2cc(-c3ccccc3)nc(-c3ccc(-n4c5ccc(-n6c7ccccc7c7ccccc76)cc5c5cc(-n6c7ccccc7c7ccccc76)ccc54)cc3)c2)cc1. The summed E-state index contributed by atoms with van der Waals surface area (Å²) in [7, 11) is 0. The van der Waals surface area contributed by atoms with Gasteiger partial charge in [-0.2, -0.15) is 0 Å². The molecular formula is C59H38N4. The van der Waals surface area contributed by atoms with Crippen LogP contribution in [-0.4, -0.2) is 18.7 Å². The van der Waals surface area contributed by atoms with Gasteiger partial charge in [0.2, 0.25) is 0 Å². The Labute approximate surface area is 363 Å². The Balaban J connectivity index is 1.02. The van der Waals surface area contributed by atoms with E-state index >= 15 is 0 Å². The van der Waals surface area contributed by atoms with Gasteiger partial charge in [0.15, 0.2) is 0 Å². The fourth-order valence-corrected chi connectivity index (χ4v) is 9.97. The van der Waals surface area contributed by atoms with E-state index in [0.717, 1.165) is 56.2 Å². The summed E-state index contributed by atoms with van der Waals surface area (Å²) in [6, 6.07) is 83.3. The molecule has 4 nitrogen and oxygen atoms in total. The van der Waals surface area contributed by atoms with Crippen molar-refractivity contribution in [3.8, 4) is 50.7 Å². The predicted octanol–water partition coefficient (Wildman–Crippen LogP) is 15.4. The third kappa shape index (κ3) is 5.59. The zero-order chi connectivity index (χ0) is 41.4. The largest absolute Gasteiger partial charge is 0.309 e. The van der Waals surface area contributed by atoms with Crippen LogP contribution in [0.15, 0.2) is 231 Å². The normalized spacial score (nSPS) is 11.8. The Bertz CT molecular complexity index is 3550. The molecular weight excluding hydrogens is 765 g/mol. The summed E-state index contributed by atoms with van der Waals surface area (Å²) in [5.41, 5.74) is 16.8. The summed E-state index contributed by atoms with van der Waals surface area (Å²) >= 11 is 0. The molecule has 0 aliphatic heterocycles. The van der Waals surface area contributed by atoms with Crippen LogP contribution in [0.2, 0.25) is 0 Å². The maximum Gasteiger partial charge on any atom is 0.0715 e. The van der Waals surface area contributed by atoms with E-state index in [1.54, 1.807) is 0 Å². The number of pyridine rings is 1. The molecule has 0 spiro atoms. The van der Waals surface area contributed by atoms with Gasteiger partial charge in [0.05, 0.1) is 44.5 Å². The second kappa shape index (κ2) is 14.1. The lowest BCUT2D eigenvalue weighted by Gasteiger charge is -2.13. The van der Waals surface area contributed by atoms with Crippen molar-refractivity contribution in [3.05, 3.63) is 231 Å². The maximum atomic E-state index is 5.23. The first-order valence-corrected chi connectivity index (χ1v) is 21.5. The molecule has 0 radical (unpaired) electrons. The van der Waals surface area contributed by atoms with Crippen LogP contribution in [0.5, 0.6) is 0 Å². The van der Waals surface area contributed by atoms with Gasteiger partial charge in [-0.1, -0.05) is 146 Å². The molecule has 4 heteroatoms. The second-order valence-corrected chi connectivity index (χ2v) is 16.4. The highest BCUT2D eigenvalue weighted by molar-refractivity contribution is 6.14. The van der Waals surface area contributed by atoms with Crippen LogP contribution in [0.4, 0.5) is 0 Å². The van der Waals surface area contributed by atoms with Gasteiger partial charge < -0.3 is 13.7 Å². The van der Waals surface area contributed by atoms with Crippen LogP contribution >= 0.6 is 0 Å². The Morgan fingerprint density at radius 1 is 0.222 bits per heavy atom. The van der Waals surface area contributed by atoms with Crippen LogP contribution in [0.1, 0.15) is 0 Å². The smallest absolute Gasteiger partial charge is 0.0715 e. The molecule has 4 heterocycles. The van der Waals surface area contributed by atoms with Crippen molar-refractivity contribution >= 4 is 65.4 Å². The molecule has 0 aliphatic carbocycles. The van der Waals surface area contributed by atoms with E-state index in [2.05, 4.69) is 244 Å². The highest BCUT2D eigenvalue weighted by Gasteiger charge is 2.19. The fourth-order valence-electron chi connectivity index (χ4n) is 9.97. The molecule has 0 amide bonds. The van der Waals surface area contributed by atoms with E-state index in [-0.39, 0.29) is 0 Å². The summed E-state index contributed by atoms with van der Waals surface area (Å²) in [6.45, 7) is 0. The van der Waals surface area contributed by atoms with E-state index in [9.17, 15) is 0 Å². The van der Waals surface area contributed by atoms with Crippen molar-refractivity contribution in [3.63, 3.8) is 0 Å². The minimum absolute atomic E-state index is 0.940. The molecule has 294 valence electrons. The topological polar surface area (TPSA) is 27.7 Å². The average Bonchev–Trinajstić information content (AvgIpc) is 4.00. The zero-order valence-electron chi connectivity index (χ0n) is 34.2. The molecule has 0 bridgehead atoms. The lowest BCUT2D eigenvalue weighted by molar-refractivity contribution is 1.16. The number of nitrogens with zero attached hydrogens (tertiary/aromatic N) is 4. The molecule has 63 heavy (non-hydrogen) atoms. The molecule has 0 N–H and O–H groups in total. The van der Waals surface area contributed by atoms with Gasteiger partial charge >= 0.3 is 0 Å². The molecule has 0 saturated carbocycles. The predicted molar refractivity (Wildman–Crippen MR) is 264 cm³/mol. The lowest BCUT2D eigenvalue weighted by atomic mass is 10.00. The molecule has 0 atom stereocenters. The summed E-state index contributed by atoms with van der Waals surface area (Å²) < 4.78 is 7.25. The molecule has 13 rings (SSSR count). The number of rotatable bonds is 6. The van der Waals surface area contributed by atoms with Crippen LogP contribution in [0.25, 0.3) is 116 Å². The van der Waals surface area contributed by atoms with Gasteiger partial charge in [-0.05, 0) is 96.1 Å². The number of hydrogen-bond donors (Lipinski definition) is 0. The van der Waals surface area contributed by atoms with Crippen molar-refractivity contribution in [1.29, 1.82) is 0 Å². The Hall–Kier alpha value is -8.47. The second-order valence-electron chi connectivity index (χ2n) is 16.4. The van der Waals surface area contributed by atoms with Crippen molar-refractivity contribution in [2.24, 2.45) is 0 Å². The van der Waals surface area contributed by atoms with Gasteiger partial charge in [-0.15, -0.1) is 0 Å². The number of aromatic nitrogens is 4. The average molecular weight is 803 g/mol. The highest BCUT2D eigenvalue weighted by Crippen LogP contribution is 2.40. The van der Waals surface area contributed by atoms with E-state index in [4.69, 9.17) is 4.98 Å². The van der Waals surface area contributed by atoms with E-state index in [0.29, 0.717) is 0 Å². The van der Waals surface area contributed by atoms with Gasteiger partial charge in [0.1, 0.15) is 0 Å². The zero-order valence-corrected chi connectivity index (χ0v) is 34.2. The quantitative estimate of drug-likeness (QED) is 0.165. The first-order valence-electron chi connectivity index (χ1n) is 21.5. The van der Waals surface area contributed by atoms with Gasteiger partial charge in [0.25, 0.3) is 0 Å². The van der Waals surface area contributed by atoms with Crippen LogP contribution < -0.4 is 0 Å². The number of hydrogen-bond acceptors (Lipinski definition) is 1. The molecule has 0 fully saturated rings. The number of para-hydroxylation sites is 4. The van der Waals surface area contributed by atoms with Crippen LogP contribution in [-0.2, 0) is 0 Å².